The van der Waals surface area contributed by atoms with Crippen LogP contribution in [0.2, 0.25) is 0 Å². The molecule has 1 unspecified atom stereocenters. The summed E-state index contributed by atoms with van der Waals surface area (Å²) in [6.45, 7) is 6.81. The van der Waals surface area contributed by atoms with Gasteiger partial charge in [0.25, 0.3) is 0 Å². The Balaban J connectivity index is 2.09. The Morgan fingerprint density at radius 1 is 1.35 bits per heavy atom. The Labute approximate surface area is 125 Å². The molecule has 0 radical (unpaired) electrons. The van der Waals surface area contributed by atoms with E-state index < -0.39 is 0 Å². The molecular weight excluding hydrogens is 264 g/mol. The fourth-order valence-electron chi connectivity index (χ4n) is 3.07. The van der Waals surface area contributed by atoms with Gasteiger partial charge in [-0.1, -0.05) is 51.5 Å². The van der Waals surface area contributed by atoms with Gasteiger partial charge in [-0.05, 0) is 23.8 Å². The van der Waals surface area contributed by atoms with Crippen LogP contribution in [0, 0.1) is 0 Å². The monoisotopic (exact) mass is 286 g/mol. The fourth-order valence-corrected chi connectivity index (χ4v) is 4.41. The summed E-state index contributed by atoms with van der Waals surface area (Å²) in [6.07, 6.45) is 3.18. The van der Waals surface area contributed by atoms with Gasteiger partial charge in [0.05, 0.1) is 11.7 Å². The molecule has 1 aliphatic rings. The second kappa shape index (κ2) is 4.97. The molecule has 1 aromatic carbocycles. The van der Waals surface area contributed by atoms with Crippen LogP contribution < -0.4 is 5.73 Å². The minimum Gasteiger partial charge on any atom is -0.322 e. The summed E-state index contributed by atoms with van der Waals surface area (Å²) in [7, 11) is 0. The van der Waals surface area contributed by atoms with Crippen LogP contribution in [-0.4, -0.2) is 4.98 Å². The van der Waals surface area contributed by atoms with Gasteiger partial charge in [0.1, 0.15) is 5.01 Å². The average Bonchev–Trinajstić information content (AvgIpc) is 2.82. The molecule has 0 saturated heterocycles. The van der Waals surface area contributed by atoms with Crippen LogP contribution in [0.3, 0.4) is 0 Å². The second-order valence-electron chi connectivity index (χ2n) is 6.33. The van der Waals surface area contributed by atoms with E-state index in [1.54, 1.807) is 0 Å². The molecule has 0 amide bonds. The molecule has 2 nitrogen and oxygen atoms in total. The van der Waals surface area contributed by atoms with E-state index in [4.69, 9.17) is 10.7 Å². The summed E-state index contributed by atoms with van der Waals surface area (Å²) in [6, 6.07) is 8.76. The van der Waals surface area contributed by atoms with E-state index in [0.717, 1.165) is 24.3 Å². The zero-order valence-electron chi connectivity index (χ0n) is 12.4. The van der Waals surface area contributed by atoms with Crippen LogP contribution in [0.5, 0.6) is 0 Å². The number of thiazole rings is 1. The summed E-state index contributed by atoms with van der Waals surface area (Å²) in [5.41, 5.74) is 10.3. The van der Waals surface area contributed by atoms with Gasteiger partial charge in [-0.2, -0.15) is 0 Å². The number of nitrogens with zero attached hydrogens (tertiary/aromatic N) is 1. The number of benzene rings is 1. The molecule has 0 spiro atoms. The number of aromatic nitrogens is 1. The van der Waals surface area contributed by atoms with E-state index in [9.17, 15) is 0 Å². The smallest absolute Gasteiger partial charge is 0.110 e. The predicted octanol–water partition coefficient (Wildman–Crippen LogP) is 4.44. The highest BCUT2D eigenvalue weighted by atomic mass is 32.1. The van der Waals surface area contributed by atoms with Crippen molar-refractivity contribution in [1.82, 2.24) is 4.98 Å². The zero-order chi connectivity index (χ0) is 14.3. The van der Waals surface area contributed by atoms with Gasteiger partial charge in [0.15, 0.2) is 0 Å². The molecule has 1 heterocycles. The van der Waals surface area contributed by atoms with Crippen molar-refractivity contribution in [2.75, 3.05) is 0 Å². The number of hydrogen-bond donors (Lipinski definition) is 1. The average molecular weight is 286 g/mol. The molecule has 1 aliphatic carbocycles. The molecule has 20 heavy (non-hydrogen) atoms. The molecule has 3 rings (SSSR count). The van der Waals surface area contributed by atoms with Crippen LogP contribution in [0.4, 0.5) is 0 Å². The number of nitrogens with two attached hydrogens (primary N) is 1. The number of fused-ring (bicyclic) bond motifs is 3. The van der Waals surface area contributed by atoms with E-state index in [-0.39, 0.29) is 11.5 Å². The Morgan fingerprint density at radius 3 is 2.85 bits per heavy atom. The van der Waals surface area contributed by atoms with Crippen LogP contribution in [0.25, 0.3) is 11.3 Å². The summed E-state index contributed by atoms with van der Waals surface area (Å²) < 4.78 is 0. The Morgan fingerprint density at radius 2 is 2.10 bits per heavy atom. The molecule has 0 bridgehead atoms. The lowest BCUT2D eigenvalue weighted by atomic mass is 9.74. The first-order chi connectivity index (χ1) is 9.53. The topological polar surface area (TPSA) is 38.9 Å². The molecule has 0 aliphatic heterocycles. The zero-order valence-corrected chi connectivity index (χ0v) is 13.3. The van der Waals surface area contributed by atoms with Crippen LogP contribution in [0.15, 0.2) is 24.3 Å². The van der Waals surface area contributed by atoms with E-state index >= 15 is 0 Å². The lowest BCUT2D eigenvalue weighted by molar-refractivity contribution is 0.521. The maximum absolute atomic E-state index is 6.25. The third kappa shape index (κ3) is 2.19. The second-order valence-corrected chi connectivity index (χ2v) is 7.44. The summed E-state index contributed by atoms with van der Waals surface area (Å²) in [5.74, 6) is 0. The summed E-state index contributed by atoms with van der Waals surface area (Å²) >= 11 is 1.81. The van der Waals surface area contributed by atoms with Crippen molar-refractivity contribution in [1.29, 1.82) is 0 Å². The SMILES string of the molecule is CCCC(N)c1nc2c(s1)CC(C)(C)c1ccccc1-2. The van der Waals surface area contributed by atoms with Crippen LogP contribution in [0.1, 0.15) is 55.1 Å². The van der Waals surface area contributed by atoms with Crippen molar-refractivity contribution in [3.63, 3.8) is 0 Å². The van der Waals surface area contributed by atoms with Gasteiger partial charge in [0, 0.05) is 10.4 Å². The normalized spacial score (nSPS) is 17.4. The van der Waals surface area contributed by atoms with Gasteiger partial charge in [-0.25, -0.2) is 4.98 Å². The first kappa shape index (κ1) is 13.8. The van der Waals surface area contributed by atoms with Crippen molar-refractivity contribution >= 4 is 11.3 Å². The molecule has 2 N–H and O–H groups in total. The largest absolute Gasteiger partial charge is 0.322 e. The van der Waals surface area contributed by atoms with E-state index in [0.29, 0.717) is 0 Å². The molecule has 3 heteroatoms. The first-order valence-corrected chi connectivity index (χ1v) is 8.19. The summed E-state index contributed by atoms with van der Waals surface area (Å²) in [5, 5.41) is 1.10. The Kier molecular flexibility index (Phi) is 3.43. The third-order valence-electron chi connectivity index (χ3n) is 4.14. The quantitative estimate of drug-likeness (QED) is 0.905. The molecule has 106 valence electrons. The van der Waals surface area contributed by atoms with Gasteiger partial charge >= 0.3 is 0 Å². The lowest BCUT2D eigenvalue weighted by Crippen LogP contribution is -2.24. The van der Waals surface area contributed by atoms with Crippen molar-refractivity contribution in [2.45, 2.75) is 51.5 Å². The molecule has 1 atom stereocenters. The number of rotatable bonds is 3. The highest BCUT2D eigenvalue weighted by molar-refractivity contribution is 7.12. The third-order valence-corrected chi connectivity index (χ3v) is 5.33. The maximum atomic E-state index is 6.25. The van der Waals surface area contributed by atoms with Crippen molar-refractivity contribution < 1.29 is 0 Å². The summed E-state index contributed by atoms with van der Waals surface area (Å²) in [4.78, 5) is 6.27. The van der Waals surface area contributed by atoms with E-state index in [2.05, 4.69) is 45.0 Å². The minimum absolute atomic E-state index is 0.0888. The Bertz CT molecular complexity index is 628. The fraction of sp³-hybridized carbons (Fsp3) is 0.471. The van der Waals surface area contributed by atoms with E-state index in [1.807, 2.05) is 11.3 Å². The number of hydrogen-bond acceptors (Lipinski definition) is 3. The standard InChI is InChI=1S/C17H22N2S/c1-4-7-13(18)16-19-15-11-8-5-6-9-12(11)17(2,3)10-14(15)20-16/h5-6,8-9,13H,4,7,10,18H2,1-3H3. The predicted molar refractivity (Wildman–Crippen MR) is 86.1 cm³/mol. The lowest BCUT2D eigenvalue weighted by Gasteiger charge is -2.31. The molecular formula is C17H22N2S. The van der Waals surface area contributed by atoms with Crippen molar-refractivity contribution in [3.8, 4) is 11.3 Å². The van der Waals surface area contributed by atoms with Crippen molar-refractivity contribution in [2.24, 2.45) is 5.73 Å². The maximum Gasteiger partial charge on any atom is 0.110 e. The van der Waals surface area contributed by atoms with Crippen molar-refractivity contribution in [3.05, 3.63) is 39.7 Å². The molecule has 0 fully saturated rings. The minimum atomic E-state index is 0.0888. The Hall–Kier alpha value is -1.19. The highest BCUT2D eigenvalue weighted by Gasteiger charge is 2.33. The van der Waals surface area contributed by atoms with Gasteiger partial charge in [0.2, 0.25) is 0 Å². The molecule has 0 saturated carbocycles. The first-order valence-electron chi connectivity index (χ1n) is 7.38. The van der Waals surface area contributed by atoms with E-state index in [1.165, 1.54) is 21.7 Å². The van der Waals surface area contributed by atoms with Crippen LogP contribution >= 0.6 is 11.3 Å². The highest BCUT2D eigenvalue weighted by Crippen LogP contribution is 2.45. The van der Waals surface area contributed by atoms with Gasteiger partial charge in [-0.3, -0.25) is 0 Å². The van der Waals surface area contributed by atoms with Gasteiger partial charge < -0.3 is 5.73 Å². The van der Waals surface area contributed by atoms with Gasteiger partial charge in [-0.15, -0.1) is 11.3 Å². The molecule has 2 aromatic rings. The van der Waals surface area contributed by atoms with Crippen LogP contribution in [-0.2, 0) is 11.8 Å². The molecule has 1 aromatic heterocycles.